The number of rotatable bonds is 10. The lowest BCUT2D eigenvalue weighted by molar-refractivity contribution is -0.118. The minimum atomic E-state index is -0.190. The number of hydrazone groups is 1. The lowest BCUT2D eigenvalue weighted by Gasteiger charge is -2.13. The van der Waals surface area contributed by atoms with Crippen LogP contribution in [-0.2, 0) is 11.4 Å². The van der Waals surface area contributed by atoms with E-state index in [0.717, 1.165) is 16.0 Å². The first-order valence-corrected chi connectivity index (χ1v) is 11.6. The molecule has 0 saturated carbocycles. The van der Waals surface area contributed by atoms with Crippen molar-refractivity contribution in [1.82, 2.24) is 5.43 Å². The molecular formula is C25H25ClN2O3S. The number of hydrogen-bond acceptors (Lipinski definition) is 5. The lowest BCUT2D eigenvalue weighted by Crippen LogP contribution is -2.19. The first kappa shape index (κ1) is 23.7. The third kappa shape index (κ3) is 7.62. The monoisotopic (exact) mass is 468 g/mol. The van der Waals surface area contributed by atoms with Gasteiger partial charge in [-0.3, -0.25) is 4.79 Å². The maximum atomic E-state index is 12.0. The first-order valence-electron chi connectivity index (χ1n) is 10.2. The van der Waals surface area contributed by atoms with Crippen molar-refractivity contribution in [2.24, 2.45) is 5.10 Å². The summed E-state index contributed by atoms with van der Waals surface area (Å²) in [6, 6.07) is 21.1. The number of thioether (sulfide) groups is 1. The highest BCUT2D eigenvalue weighted by molar-refractivity contribution is 8.00. The zero-order valence-electron chi connectivity index (χ0n) is 18.0. The largest absolute Gasteiger partial charge is 0.490 e. The smallest absolute Gasteiger partial charge is 0.250 e. The van der Waals surface area contributed by atoms with E-state index < -0.39 is 0 Å². The predicted molar refractivity (Wildman–Crippen MR) is 131 cm³/mol. The predicted octanol–water partition coefficient (Wildman–Crippen LogP) is 5.87. The maximum Gasteiger partial charge on any atom is 0.250 e. The molecule has 3 rings (SSSR count). The molecule has 0 aromatic heterocycles. The van der Waals surface area contributed by atoms with Crippen LogP contribution >= 0.6 is 23.4 Å². The number of nitrogens with zero attached hydrogens (tertiary/aromatic N) is 1. The fourth-order valence-corrected chi connectivity index (χ4v) is 3.66. The van der Waals surface area contributed by atoms with Crippen LogP contribution in [0, 0.1) is 6.92 Å². The van der Waals surface area contributed by atoms with Gasteiger partial charge in [0.1, 0.15) is 6.61 Å². The highest BCUT2D eigenvalue weighted by Crippen LogP contribution is 2.29. The number of benzene rings is 3. The molecule has 7 heteroatoms. The molecule has 0 radical (unpaired) electrons. The summed E-state index contributed by atoms with van der Waals surface area (Å²) in [5.74, 6) is 1.36. The van der Waals surface area contributed by atoms with Crippen molar-refractivity contribution in [2.45, 2.75) is 25.3 Å². The minimum absolute atomic E-state index is 0.190. The second-order valence-corrected chi connectivity index (χ2v) is 8.44. The average Bonchev–Trinajstić information content (AvgIpc) is 2.78. The number of halogens is 1. The normalized spacial score (nSPS) is 10.8. The van der Waals surface area contributed by atoms with Gasteiger partial charge in [0.25, 0.3) is 0 Å². The molecule has 3 aromatic carbocycles. The van der Waals surface area contributed by atoms with Crippen LogP contribution in [0.5, 0.6) is 11.5 Å². The van der Waals surface area contributed by atoms with E-state index in [4.69, 9.17) is 21.1 Å². The van der Waals surface area contributed by atoms with E-state index in [1.807, 2.05) is 49.4 Å². The number of nitrogens with one attached hydrogen (secondary N) is 1. The molecule has 166 valence electrons. The number of amides is 1. The third-order valence-electron chi connectivity index (χ3n) is 4.33. The van der Waals surface area contributed by atoms with Gasteiger partial charge < -0.3 is 9.47 Å². The van der Waals surface area contributed by atoms with Gasteiger partial charge in [-0.05, 0) is 67.4 Å². The molecular weight excluding hydrogens is 444 g/mol. The van der Waals surface area contributed by atoms with Crippen LogP contribution in [0.15, 0.2) is 76.7 Å². The van der Waals surface area contributed by atoms with Gasteiger partial charge in [0, 0.05) is 9.92 Å². The second-order valence-electron chi connectivity index (χ2n) is 6.95. The molecule has 0 heterocycles. The Labute approximate surface area is 197 Å². The van der Waals surface area contributed by atoms with E-state index in [0.29, 0.717) is 29.7 Å². The molecule has 32 heavy (non-hydrogen) atoms. The van der Waals surface area contributed by atoms with Crippen molar-refractivity contribution < 1.29 is 14.3 Å². The Morgan fingerprint density at radius 2 is 1.88 bits per heavy atom. The Bertz CT molecular complexity index is 1070. The van der Waals surface area contributed by atoms with Crippen molar-refractivity contribution in [1.29, 1.82) is 0 Å². The van der Waals surface area contributed by atoms with Crippen LogP contribution < -0.4 is 14.9 Å². The summed E-state index contributed by atoms with van der Waals surface area (Å²) in [6.07, 6.45) is 1.58. The number of carbonyl (C=O) groups is 1. The number of ether oxygens (including phenoxy) is 2. The maximum absolute atomic E-state index is 12.0. The standard InChI is InChI=1S/C25H25ClN2O3S/c1-3-30-24-14-19(7-12-23(24)31-16-20-6-4-5-18(2)13-20)15-27-28-25(29)17-32-22-10-8-21(26)9-11-22/h4-15H,3,16-17H2,1-2H3,(H,28,29)/b27-15-. The van der Waals surface area contributed by atoms with Gasteiger partial charge in [0.05, 0.1) is 18.6 Å². The highest BCUT2D eigenvalue weighted by Gasteiger charge is 2.07. The zero-order chi connectivity index (χ0) is 22.8. The molecule has 0 unspecified atom stereocenters. The first-order chi connectivity index (χ1) is 15.5. The molecule has 0 aliphatic rings. The quantitative estimate of drug-likeness (QED) is 0.230. The molecule has 0 bridgehead atoms. The zero-order valence-corrected chi connectivity index (χ0v) is 19.6. The summed E-state index contributed by atoms with van der Waals surface area (Å²) >= 11 is 7.29. The van der Waals surface area contributed by atoms with Crippen LogP contribution in [0.25, 0.3) is 0 Å². The Kier molecular flexibility index (Phi) is 9.01. The van der Waals surface area contributed by atoms with Crippen LogP contribution in [0.3, 0.4) is 0 Å². The van der Waals surface area contributed by atoms with E-state index in [1.165, 1.54) is 17.3 Å². The van der Waals surface area contributed by atoms with Crippen molar-refractivity contribution in [3.05, 3.63) is 88.4 Å². The SMILES string of the molecule is CCOc1cc(/C=N\NC(=O)CSc2ccc(Cl)cc2)ccc1OCc1cccc(C)c1. The van der Waals surface area contributed by atoms with Crippen molar-refractivity contribution in [3.63, 3.8) is 0 Å². The van der Waals surface area contributed by atoms with Gasteiger partial charge in [-0.1, -0.05) is 41.4 Å². The Hall–Kier alpha value is -2.96. The molecule has 0 aliphatic carbocycles. The number of hydrogen-bond donors (Lipinski definition) is 1. The fraction of sp³-hybridized carbons (Fsp3) is 0.200. The summed E-state index contributed by atoms with van der Waals surface area (Å²) < 4.78 is 11.7. The van der Waals surface area contributed by atoms with Crippen LogP contribution in [0.1, 0.15) is 23.6 Å². The second kappa shape index (κ2) is 12.2. The van der Waals surface area contributed by atoms with Gasteiger partial charge in [-0.25, -0.2) is 5.43 Å². The summed E-state index contributed by atoms with van der Waals surface area (Å²) in [4.78, 5) is 13.0. The third-order valence-corrected chi connectivity index (χ3v) is 5.59. The van der Waals surface area contributed by atoms with Crippen LogP contribution in [0.2, 0.25) is 5.02 Å². The van der Waals surface area contributed by atoms with E-state index in [1.54, 1.807) is 18.3 Å². The molecule has 1 amide bonds. The van der Waals surface area contributed by atoms with Gasteiger partial charge in [0.15, 0.2) is 11.5 Å². The van der Waals surface area contributed by atoms with Crippen LogP contribution in [-0.4, -0.2) is 24.5 Å². The summed E-state index contributed by atoms with van der Waals surface area (Å²) in [7, 11) is 0. The molecule has 5 nitrogen and oxygen atoms in total. The van der Waals surface area contributed by atoms with Gasteiger partial charge in [-0.15, -0.1) is 11.8 Å². The highest BCUT2D eigenvalue weighted by atomic mass is 35.5. The van der Waals surface area contributed by atoms with E-state index in [2.05, 4.69) is 29.6 Å². The fourth-order valence-electron chi connectivity index (χ4n) is 2.85. The van der Waals surface area contributed by atoms with Crippen molar-refractivity contribution >= 4 is 35.5 Å². The molecule has 0 atom stereocenters. The summed E-state index contributed by atoms with van der Waals surface area (Å²) in [5.41, 5.74) is 5.62. The molecule has 3 aromatic rings. The Morgan fingerprint density at radius 1 is 1.06 bits per heavy atom. The van der Waals surface area contributed by atoms with Crippen molar-refractivity contribution in [2.75, 3.05) is 12.4 Å². The molecule has 0 fully saturated rings. The minimum Gasteiger partial charge on any atom is -0.490 e. The van der Waals surface area contributed by atoms with E-state index >= 15 is 0 Å². The number of carbonyl (C=O) groups excluding carboxylic acids is 1. The summed E-state index contributed by atoms with van der Waals surface area (Å²) in [5, 5.41) is 4.71. The average molecular weight is 469 g/mol. The molecule has 0 spiro atoms. The van der Waals surface area contributed by atoms with Crippen molar-refractivity contribution in [3.8, 4) is 11.5 Å². The molecule has 1 N–H and O–H groups in total. The molecule has 0 saturated heterocycles. The summed E-state index contributed by atoms with van der Waals surface area (Å²) in [6.45, 7) is 4.94. The van der Waals surface area contributed by atoms with Gasteiger partial charge in [-0.2, -0.15) is 5.10 Å². The van der Waals surface area contributed by atoms with E-state index in [-0.39, 0.29) is 11.7 Å². The van der Waals surface area contributed by atoms with Crippen LogP contribution in [0.4, 0.5) is 0 Å². The number of aryl methyl sites for hydroxylation is 1. The van der Waals surface area contributed by atoms with E-state index in [9.17, 15) is 4.79 Å². The van der Waals surface area contributed by atoms with Gasteiger partial charge in [0.2, 0.25) is 5.91 Å². The topological polar surface area (TPSA) is 59.9 Å². The molecule has 0 aliphatic heterocycles. The Balaban J connectivity index is 1.54. The lowest BCUT2D eigenvalue weighted by atomic mass is 10.1. The van der Waals surface area contributed by atoms with Gasteiger partial charge >= 0.3 is 0 Å². The Morgan fingerprint density at radius 3 is 2.62 bits per heavy atom.